The first kappa shape index (κ1) is 52.6. The number of allylic oxidation sites excluding steroid dienone is 2. The van der Waals surface area contributed by atoms with Gasteiger partial charge < -0.3 is 43.1 Å². The van der Waals surface area contributed by atoms with Crippen molar-refractivity contribution < 1.29 is 52.6 Å². The lowest BCUT2D eigenvalue weighted by atomic mass is 9.33. The zero-order valence-electron chi connectivity index (χ0n) is 44.9. The first-order chi connectivity index (χ1) is 31.9. The summed E-state index contributed by atoms with van der Waals surface area (Å²) in [6.45, 7) is 34.0. The minimum atomic E-state index is -1.01. The van der Waals surface area contributed by atoms with E-state index in [4.69, 9.17) is 33.2 Å². The Labute approximate surface area is 410 Å². The van der Waals surface area contributed by atoms with Crippen LogP contribution in [0.2, 0.25) is 0 Å². The molecule has 0 radical (unpaired) electrons. The third-order valence-electron chi connectivity index (χ3n) is 22.5. The number of aldehydes is 1. The second-order valence-corrected chi connectivity index (χ2v) is 26.0. The van der Waals surface area contributed by atoms with E-state index in [1.54, 1.807) is 14.0 Å². The normalized spacial score (nSPS) is 53.4. The number of hydrogen-bond acceptors (Lipinski definition) is 10. The summed E-state index contributed by atoms with van der Waals surface area (Å²) in [6.07, 6.45) is 5.58. The number of methoxy groups -OCH3 is 1. The summed E-state index contributed by atoms with van der Waals surface area (Å²) in [5, 5.41) is 11.1. The fourth-order valence-electron chi connectivity index (χ4n) is 16.9. The molecule has 0 aromatic rings. The Morgan fingerprint density at radius 3 is 2.12 bits per heavy atom. The fourth-order valence-corrected chi connectivity index (χ4v) is 16.9. The first-order valence-corrected chi connectivity index (χ1v) is 27.2. The van der Waals surface area contributed by atoms with Gasteiger partial charge >= 0.3 is 5.97 Å². The average molecular weight is 953 g/mol. The van der Waals surface area contributed by atoms with E-state index in [0.717, 1.165) is 44.8 Å². The lowest BCUT2D eigenvalue weighted by Gasteiger charge is -2.71. The van der Waals surface area contributed by atoms with E-state index < -0.39 is 66.7 Å². The number of carboxylic acids is 1. The van der Waals surface area contributed by atoms with Crippen LogP contribution in [0.3, 0.4) is 0 Å². The molecular weight excluding hydrogens is 861 g/mol. The third-order valence-corrected chi connectivity index (χ3v) is 22.5. The Balaban J connectivity index is 1.13. The molecule has 0 aromatic heterocycles. The molecule has 0 amide bonds. The zero-order valence-corrected chi connectivity index (χ0v) is 44.9. The molecule has 0 spiro atoms. The quantitative estimate of drug-likeness (QED) is 0.120. The van der Waals surface area contributed by atoms with Crippen LogP contribution < -0.4 is 0 Å². The van der Waals surface area contributed by atoms with Gasteiger partial charge in [0.05, 0.1) is 31.0 Å². The SMILES string of the molecule is CCC1O[C@@H](OC2[C@H](O[C@H]3CC(C)C4(C)C5CC=C6C7CC(C)(C)CC[C@]7(C(=O)O)C(OC)C[C@@]6(C)[C@@]5(C)CC[C@H]4[C@H]3C=O)OC(C(C)=O)[C@@H](C)[C@@H]2O[C@@H]2OC[C@@H](C)[C@H](C)C2C)C(C)[C@@H](C)[C@H]1C. The molecule has 68 heavy (non-hydrogen) atoms. The van der Waals surface area contributed by atoms with E-state index in [1.807, 2.05) is 6.92 Å². The van der Waals surface area contributed by atoms with E-state index in [9.17, 15) is 19.5 Å². The largest absolute Gasteiger partial charge is 0.481 e. The molecule has 10 unspecified atom stereocenters. The maximum atomic E-state index is 13.9. The van der Waals surface area contributed by atoms with E-state index in [-0.39, 0.29) is 75.0 Å². The number of carboxylic acid groups (broad SMARTS) is 1. The van der Waals surface area contributed by atoms with Crippen molar-refractivity contribution >= 4 is 18.0 Å². The van der Waals surface area contributed by atoms with Gasteiger partial charge in [0.2, 0.25) is 0 Å². The molecule has 0 aromatic carbocycles. The molecule has 11 heteroatoms. The number of ether oxygens (including phenoxy) is 7. The van der Waals surface area contributed by atoms with Gasteiger partial charge in [0.15, 0.2) is 24.7 Å². The van der Waals surface area contributed by atoms with Crippen LogP contribution in [0, 0.1) is 98.1 Å². The highest BCUT2D eigenvalue weighted by molar-refractivity contribution is 5.81. The molecule has 3 aliphatic heterocycles. The minimum Gasteiger partial charge on any atom is -0.481 e. The van der Waals surface area contributed by atoms with Gasteiger partial charge in [-0.25, -0.2) is 0 Å². The standard InChI is InChI=1S/C57H92O11/c1-17-42-33(6)32(5)35(8)50(64-42)68-48-47(67-49-34(7)31(4)29(2)28-63-49)36(9)46(37(10)59)66-51(48)65-43-24-30(3)56(15)39(38(43)27-58)20-21-54(13)44(56)19-18-40-41-25-53(11,12)22-23-57(41,52(60)61)45(62-16)26-55(40,54)14/h18,27,29-36,38-39,41-51H,17,19-26,28H2,1-16H3,(H,60,61)/t29-,30?,31+,32+,33-,34?,35?,36-,38-,39+,41?,42?,43+,44?,45?,46?,47+,48?,49+,50+,51-,54+,55-,56?,57-/m1/s1. The summed E-state index contributed by atoms with van der Waals surface area (Å²) < 4.78 is 48.1. The Morgan fingerprint density at radius 1 is 0.809 bits per heavy atom. The highest BCUT2D eigenvalue weighted by Gasteiger charge is 2.72. The highest BCUT2D eigenvalue weighted by atomic mass is 16.8. The maximum Gasteiger partial charge on any atom is 0.312 e. The van der Waals surface area contributed by atoms with Gasteiger partial charge in [-0.05, 0) is 134 Å². The summed E-state index contributed by atoms with van der Waals surface area (Å²) in [5.74, 6) is 0.322. The van der Waals surface area contributed by atoms with E-state index in [1.165, 1.54) is 5.57 Å². The molecule has 0 bridgehead atoms. The second kappa shape index (κ2) is 19.0. The molecule has 3 saturated heterocycles. The van der Waals surface area contributed by atoms with Crippen molar-refractivity contribution in [2.45, 2.75) is 217 Å². The summed E-state index contributed by atoms with van der Waals surface area (Å²) in [5.41, 5.74) is -0.225. The molecule has 3 heterocycles. The highest BCUT2D eigenvalue weighted by Crippen LogP contribution is 2.76. The van der Waals surface area contributed by atoms with Crippen LogP contribution in [-0.4, -0.2) is 92.4 Å². The van der Waals surface area contributed by atoms with Gasteiger partial charge in [-0.1, -0.05) is 109 Å². The fraction of sp³-hybridized carbons (Fsp3) is 0.912. The van der Waals surface area contributed by atoms with E-state index in [0.29, 0.717) is 49.5 Å². The van der Waals surface area contributed by atoms with Gasteiger partial charge in [-0.2, -0.15) is 0 Å². The van der Waals surface area contributed by atoms with Crippen molar-refractivity contribution in [1.82, 2.24) is 0 Å². The lowest BCUT2D eigenvalue weighted by molar-refractivity contribution is -0.372. The topological polar surface area (TPSA) is 136 Å². The number of hydrogen-bond donors (Lipinski definition) is 1. The van der Waals surface area contributed by atoms with Gasteiger partial charge in [0.25, 0.3) is 0 Å². The van der Waals surface area contributed by atoms with Crippen LogP contribution >= 0.6 is 0 Å². The predicted molar refractivity (Wildman–Crippen MR) is 260 cm³/mol. The number of Topliss-reactive ketones (excluding diaryl/α,β-unsaturated/α-hetero) is 1. The van der Waals surface area contributed by atoms with Gasteiger partial charge in [0.1, 0.15) is 23.9 Å². The monoisotopic (exact) mass is 953 g/mol. The molecule has 386 valence electrons. The van der Waals surface area contributed by atoms with Crippen LogP contribution in [0.1, 0.15) is 162 Å². The smallest absolute Gasteiger partial charge is 0.312 e. The molecule has 5 aliphatic carbocycles. The first-order valence-electron chi connectivity index (χ1n) is 27.2. The summed E-state index contributed by atoms with van der Waals surface area (Å²) in [7, 11) is 1.72. The van der Waals surface area contributed by atoms with Crippen LogP contribution in [0.4, 0.5) is 0 Å². The maximum absolute atomic E-state index is 13.9. The molecule has 7 fully saturated rings. The van der Waals surface area contributed by atoms with Gasteiger partial charge in [0, 0.05) is 30.8 Å². The number of ketones is 1. The van der Waals surface area contributed by atoms with Crippen LogP contribution in [0.15, 0.2) is 11.6 Å². The lowest BCUT2D eigenvalue weighted by Crippen LogP contribution is -2.68. The summed E-state index contributed by atoms with van der Waals surface area (Å²) in [4.78, 5) is 41.1. The van der Waals surface area contributed by atoms with E-state index >= 15 is 0 Å². The van der Waals surface area contributed by atoms with Crippen LogP contribution in [-0.2, 0) is 47.5 Å². The van der Waals surface area contributed by atoms with E-state index in [2.05, 4.69) is 96.1 Å². The van der Waals surface area contributed by atoms with Crippen molar-refractivity contribution in [3.05, 3.63) is 11.6 Å². The zero-order chi connectivity index (χ0) is 49.8. The van der Waals surface area contributed by atoms with Crippen molar-refractivity contribution in [3.8, 4) is 0 Å². The molecule has 4 saturated carbocycles. The Hall–Kier alpha value is -1.73. The molecule has 1 N–H and O–H groups in total. The van der Waals surface area contributed by atoms with Gasteiger partial charge in [-0.3, -0.25) is 9.59 Å². The van der Waals surface area contributed by atoms with Gasteiger partial charge in [-0.15, -0.1) is 0 Å². The summed E-state index contributed by atoms with van der Waals surface area (Å²) in [6, 6.07) is 0. The predicted octanol–water partition coefficient (Wildman–Crippen LogP) is 10.9. The van der Waals surface area contributed by atoms with Crippen molar-refractivity contribution in [3.63, 3.8) is 0 Å². The van der Waals surface area contributed by atoms with Crippen LogP contribution in [0.5, 0.6) is 0 Å². The molecule has 8 rings (SSSR count). The Bertz CT molecular complexity index is 1900. The summed E-state index contributed by atoms with van der Waals surface area (Å²) >= 11 is 0. The molecular formula is C57H92O11. The number of rotatable bonds is 11. The second-order valence-electron chi connectivity index (χ2n) is 26.0. The Morgan fingerprint density at radius 2 is 1.49 bits per heavy atom. The Kier molecular flexibility index (Phi) is 14.7. The number of fused-ring (bicyclic) bond motifs is 7. The van der Waals surface area contributed by atoms with Crippen molar-refractivity contribution in [2.75, 3.05) is 13.7 Å². The number of carbonyl (C=O) groups excluding carboxylic acids is 2. The van der Waals surface area contributed by atoms with Crippen molar-refractivity contribution in [1.29, 1.82) is 0 Å². The molecule has 25 atom stereocenters. The number of carbonyl (C=O) groups is 3. The minimum absolute atomic E-state index is 0.0189. The third kappa shape index (κ3) is 8.10. The van der Waals surface area contributed by atoms with Crippen LogP contribution in [0.25, 0.3) is 0 Å². The van der Waals surface area contributed by atoms with Crippen molar-refractivity contribution in [2.24, 2.45) is 98.1 Å². The molecule has 11 nitrogen and oxygen atoms in total. The number of aliphatic carboxylic acids is 1. The molecule has 8 aliphatic rings. The average Bonchev–Trinajstić information content (AvgIpc) is 3.28.